The van der Waals surface area contributed by atoms with Crippen LogP contribution in [0.5, 0.6) is 0 Å². The quantitative estimate of drug-likeness (QED) is 0.930. The number of halogens is 1. The standard InChI is InChI=1S/C17H18ClNO3/c18-14-7-5-12(6-8-14)16(15-4-2-10-22-15)19-9-1-3-13(11-19)17(20)21/h2,4-8,10,13,16H,1,3,9,11H2,(H,20,21). The van der Waals surface area contributed by atoms with Crippen molar-refractivity contribution < 1.29 is 14.3 Å². The fourth-order valence-corrected chi connectivity index (χ4v) is 3.22. The fourth-order valence-electron chi connectivity index (χ4n) is 3.09. The zero-order valence-corrected chi connectivity index (χ0v) is 12.9. The molecule has 1 aliphatic rings. The van der Waals surface area contributed by atoms with E-state index in [4.69, 9.17) is 16.0 Å². The Bertz CT molecular complexity index is 624. The van der Waals surface area contributed by atoms with Crippen LogP contribution >= 0.6 is 11.6 Å². The Labute approximate surface area is 134 Å². The second kappa shape index (κ2) is 6.55. The van der Waals surface area contributed by atoms with Gasteiger partial charge in [-0.05, 0) is 49.2 Å². The topological polar surface area (TPSA) is 53.7 Å². The van der Waals surface area contributed by atoms with Crippen molar-refractivity contribution in [2.24, 2.45) is 5.92 Å². The fraction of sp³-hybridized carbons (Fsp3) is 0.353. The van der Waals surface area contributed by atoms with Gasteiger partial charge in [-0.15, -0.1) is 0 Å². The molecular weight excluding hydrogens is 302 g/mol. The van der Waals surface area contributed by atoms with E-state index >= 15 is 0 Å². The van der Waals surface area contributed by atoms with Crippen molar-refractivity contribution in [3.63, 3.8) is 0 Å². The number of carbonyl (C=O) groups is 1. The van der Waals surface area contributed by atoms with E-state index in [0.717, 1.165) is 30.7 Å². The number of likely N-dealkylation sites (tertiary alicyclic amines) is 1. The van der Waals surface area contributed by atoms with Crippen molar-refractivity contribution in [2.45, 2.75) is 18.9 Å². The van der Waals surface area contributed by atoms with Crippen LogP contribution in [0.25, 0.3) is 0 Å². The molecule has 0 amide bonds. The molecule has 0 aliphatic carbocycles. The number of benzene rings is 1. The van der Waals surface area contributed by atoms with E-state index in [9.17, 15) is 9.90 Å². The predicted molar refractivity (Wildman–Crippen MR) is 83.9 cm³/mol. The number of aliphatic carboxylic acids is 1. The lowest BCUT2D eigenvalue weighted by atomic mass is 9.94. The Kier molecular flexibility index (Phi) is 4.50. The average molecular weight is 320 g/mol. The molecule has 4 nitrogen and oxygen atoms in total. The van der Waals surface area contributed by atoms with Crippen LogP contribution in [0, 0.1) is 5.92 Å². The minimum absolute atomic E-state index is 0.0746. The summed E-state index contributed by atoms with van der Waals surface area (Å²) in [6, 6.07) is 11.4. The molecule has 1 aromatic heterocycles. The Morgan fingerprint density at radius 3 is 2.73 bits per heavy atom. The van der Waals surface area contributed by atoms with Crippen molar-refractivity contribution in [2.75, 3.05) is 13.1 Å². The summed E-state index contributed by atoms with van der Waals surface area (Å²) in [4.78, 5) is 13.5. The second-order valence-electron chi connectivity index (χ2n) is 5.64. The largest absolute Gasteiger partial charge is 0.481 e. The molecule has 1 N–H and O–H groups in total. The molecule has 5 heteroatoms. The minimum Gasteiger partial charge on any atom is -0.481 e. The molecule has 116 valence electrons. The maximum Gasteiger partial charge on any atom is 0.307 e. The monoisotopic (exact) mass is 319 g/mol. The van der Waals surface area contributed by atoms with Crippen LogP contribution < -0.4 is 0 Å². The molecule has 2 unspecified atom stereocenters. The molecule has 0 radical (unpaired) electrons. The smallest absolute Gasteiger partial charge is 0.307 e. The summed E-state index contributed by atoms with van der Waals surface area (Å²) in [5.41, 5.74) is 1.06. The lowest BCUT2D eigenvalue weighted by Crippen LogP contribution is -2.41. The Morgan fingerprint density at radius 1 is 1.32 bits per heavy atom. The summed E-state index contributed by atoms with van der Waals surface area (Å²) in [5.74, 6) is -0.217. The molecule has 1 aromatic carbocycles. The molecule has 0 saturated carbocycles. The zero-order chi connectivity index (χ0) is 15.5. The number of hydrogen-bond donors (Lipinski definition) is 1. The molecule has 1 aliphatic heterocycles. The highest BCUT2D eigenvalue weighted by Crippen LogP contribution is 2.33. The molecule has 2 atom stereocenters. The van der Waals surface area contributed by atoms with Crippen molar-refractivity contribution >= 4 is 17.6 Å². The molecule has 22 heavy (non-hydrogen) atoms. The molecule has 1 fully saturated rings. The third-order valence-corrected chi connectivity index (χ3v) is 4.42. The van der Waals surface area contributed by atoms with E-state index in [2.05, 4.69) is 4.90 Å². The van der Waals surface area contributed by atoms with Gasteiger partial charge in [0.2, 0.25) is 0 Å². The highest BCUT2D eigenvalue weighted by atomic mass is 35.5. The summed E-state index contributed by atoms with van der Waals surface area (Å²) >= 11 is 5.98. The number of furan rings is 1. The molecule has 3 rings (SSSR count). The Balaban J connectivity index is 1.92. The van der Waals surface area contributed by atoms with Gasteiger partial charge in [-0.25, -0.2) is 0 Å². The number of nitrogens with zero attached hydrogens (tertiary/aromatic N) is 1. The maximum absolute atomic E-state index is 11.3. The lowest BCUT2D eigenvalue weighted by Gasteiger charge is -2.36. The first-order chi connectivity index (χ1) is 10.6. The van der Waals surface area contributed by atoms with Gasteiger partial charge in [-0.1, -0.05) is 23.7 Å². The number of hydrogen-bond acceptors (Lipinski definition) is 3. The maximum atomic E-state index is 11.3. The van der Waals surface area contributed by atoms with Crippen molar-refractivity contribution in [1.29, 1.82) is 0 Å². The molecule has 1 saturated heterocycles. The number of carboxylic acids is 1. The van der Waals surface area contributed by atoms with Crippen LogP contribution in [0.1, 0.15) is 30.2 Å². The highest BCUT2D eigenvalue weighted by molar-refractivity contribution is 6.30. The third-order valence-electron chi connectivity index (χ3n) is 4.17. The van der Waals surface area contributed by atoms with Gasteiger partial charge in [0.1, 0.15) is 5.76 Å². The van der Waals surface area contributed by atoms with Gasteiger partial charge in [0, 0.05) is 11.6 Å². The van der Waals surface area contributed by atoms with Crippen LogP contribution in [0.2, 0.25) is 5.02 Å². The van der Waals surface area contributed by atoms with Crippen LogP contribution in [0.15, 0.2) is 47.1 Å². The van der Waals surface area contributed by atoms with Crippen molar-refractivity contribution in [3.8, 4) is 0 Å². The minimum atomic E-state index is -0.723. The lowest BCUT2D eigenvalue weighted by molar-refractivity contribution is -0.143. The van der Waals surface area contributed by atoms with Gasteiger partial charge in [-0.2, -0.15) is 0 Å². The average Bonchev–Trinajstić information content (AvgIpc) is 3.04. The van der Waals surface area contributed by atoms with Crippen molar-refractivity contribution in [1.82, 2.24) is 4.90 Å². The first-order valence-corrected chi connectivity index (χ1v) is 7.78. The first-order valence-electron chi connectivity index (χ1n) is 7.41. The van der Waals surface area contributed by atoms with Crippen LogP contribution in [0.3, 0.4) is 0 Å². The molecular formula is C17H18ClNO3. The third kappa shape index (κ3) is 3.18. The van der Waals surface area contributed by atoms with E-state index in [0.29, 0.717) is 11.6 Å². The molecule has 0 spiro atoms. The van der Waals surface area contributed by atoms with Gasteiger partial charge in [0.15, 0.2) is 0 Å². The molecule has 2 heterocycles. The summed E-state index contributed by atoms with van der Waals surface area (Å²) in [6.45, 7) is 1.39. The van der Waals surface area contributed by atoms with Gasteiger partial charge < -0.3 is 9.52 Å². The van der Waals surface area contributed by atoms with Gasteiger partial charge in [-0.3, -0.25) is 9.69 Å². The predicted octanol–water partition coefficient (Wildman–Crippen LogP) is 3.82. The van der Waals surface area contributed by atoms with Crippen LogP contribution in [-0.4, -0.2) is 29.1 Å². The second-order valence-corrected chi connectivity index (χ2v) is 6.08. The van der Waals surface area contributed by atoms with Crippen LogP contribution in [0.4, 0.5) is 0 Å². The normalized spacial score (nSPS) is 20.7. The van der Waals surface area contributed by atoms with Gasteiger partial charge >= 0.3 is 5.97 Å². The Morgan fingerprint density at radius 2 is 2.09 bits per heavy atom. The summed E-state index contributed by atoms with van der Waals surface area (Å²) < 4.78 is 5.61. The van der Waals surface area contributed by atoms with E-state index in [1.165, 1.54) is 0 Å². The van der Waals surface area contributed by atoms with Gasteiger partial charge in [0.05, 0.1) is 18.2 Å². The van der Waals surface area contributed by atoms with E-state index in [1.807, 2.05) is 36.4 Å². The number of rotatable bonds is 4. The number of carboxylic acid groups (broad SMARTS) is 1. The summed E-state index contributed by atoms with van der Waals surface area (Å²) in [5, 5.41) is 9.99. The first kappa shape index (κ1) is 15.1. The van der Waals surface area contributed by atoms with E-state index in [-0.39, 0.29) is 12.0 Å². The SMILES string of the molecule is O=C(O)C1CCCN(C(c2ccc(Cl)cc2)c2ccco2)C1. The number of piperidine rings is 1. The highest BCUT2D eigenvalue weighted by Gasteiger charge is 2.32. The molecule has 2 aromatic rings. The molecule has 0 bridgehead atoms. The van der Waals surface area contributed by atoms with Crippen LogP contribution in [-0.2, 0) is 4.79 Å². The Hall–Kier alpha value is -1.78. The van der Waals surface area contributed by atoms with Crippen molar-refractivity contribution in [3.05, 3.63) is 59.0 Å². The van der Waals surface area contributed by atoms with E-state index < -0.39 is 5.97 Å². The summed E-state index contributed by atoms with van der Waals surface area (Å²) in [6.07, 6.45) is 3.26. The zero-order valence-electron chi connectivity index (χ0n) is 12.1. The van der Waals surface area contributed by atoms with E-state index in [1.54, 1.807) is 6.26 Å². The summed E-state index contributed by atoms with van der Waals surface area (Å²) in [7, 11) is 0. The van der Waals surface area contributed by atoms with Gasteiger partial charge in [0.25, 0.3) is 0 Å².